The molecule has 0 aliphatic rings. The molecular formula is C18H18. The Kier molecular flexibility index (Phi) is 4.17. The van der Waals surface area contributed by atoms with E-state index >= 15 is 0 Å². The molecule has 0 unspecified atom stereocenters. The second kappa shape index (κ2) is 6.05. The van der Waals surface area contributed by atoms with Gasteiger partial charge in [-0.3, -0.25) is 0 Å². The van der Waals surface area contributed by atoms with Gasteiger partial charge in [0.15, 0.2) is 0 Å². The molecule has 0 N–H and O–H groups in total. The highest BCUT2D eigenvalue weighted by Crippen LogP contribution is 2.22. The lowest BCUT2D eigenvalue weighted by Crippen LogP contribution is -1.88. The van der Waals surface area contributed by atoms with E-state index in [1.807, 2.05) is 18.2 Å². The molecule has 0 nitrogen and oxygen atoms in total. The SMILES string of the molecule is C=C=C(c1ccccc1)c1ccc(CCC)cc1. The predicted molar refractivity (Wildman–Crippen MR) is 78.5 cm³/mol. The van der Waals surface area contributed by atoms with Crippen LogP contribution in [-0.4, -0.2) is 0 Å². The van der Waals surface area contributed by atoms with E-state index in [1.165, 1.54) is 17.5 Å². The molecule has 2 aromatic rings. The molecule has 0 heterocycles. The summed E-state index contributed by atoms with van der Waals surface area (Å²) in [6.07, 6.45) is 2.32. The zero-order chi connectivity index (χ0) is 12.8. The van der Waals surface area contributed by atoms with Crippen LogP contribution in [0.5, 0.6) is 0 Å². The van der Waals surface area contributed by atoms with Gasteiger partial charge in [-0.05, 0) is 23.1 Å². The Morgan fingerprint density at radius 3 is 2.11 bits per heavy atom. The van der Waals surface area contributed by atoms with Gasteiger partial charge in [-0.25, -0.2) is 0 Å². The first-order valence-corrected chi connectivity index (χ1v) is 6.40. The molecule has 0 fully saturated rings. The highest BCUT2D eigenvalue weighted by Gasteiger charge is 2.03. The molecule has 0 atom stereocenters. The van der Waals surface area contributed by atoms with Crippen molar-refractivity contribution in [3.8, 4) is 0 Å². The minimum Gasteiger partial charge on any atom is -0.119 e. The van der Waals surface area contributed by atoms with Crippen LogP contribution in [0.3, 0.4) is 0 Å². The number of hydrogen-bond acceptors (Lipinski definition) is 0. The highest BCUT2D eigenvalue weighted by molar-refractivity contribution is 5.79. The normalized spacial score (nSPS) is 9.83. The third-order valence-electron chi connectivity index (χ3n) is 3.02. The van der Waals surface area contributed by atoms with Crippen LogP contribution < -0.4 is 0 Å². The largest absolute Gasteiger partial charge is 0.119 e. The van der Waals surface area contributed by atoms with E-state index in [9.17, 15) is 0 Å². The van der Waals surface area contributed by atoms with Crippen LogP contribution in [0.4, 0.5) is 0 Å². The fourth-order valence-electron chi connectivity index (χ4n) is 2.10. The summed E-state index contributed by atoms with van der Waals surface area (Å²) >= 11 is 0. The van der Waals surface area contributed by atoms with Gasteiger partial charge in [-0.2, -0.15) is 0 Å². The minimum absolute atomic E-state index is 1.07. The van der Waals surface area contributed by atoms with Gasteiger partial charge in [0.1, 0.15) is 0 Å². The first-order chi connectivity index (χ1) is 8.85. The molecule has 0 saturated heterocycles. The third kappa shape index (κ3) is 2.80. The first kappa shape index (κ1) is 12.4. The van der Waals surface area contributed by atoms with Crippen LogP contribution in [0.15, 0.2) is 66.9 Å². The van der Waals surface area contributed by atoms with E-state index in [0.717, 1.165) is 17.6 Å². The maximum Gasteiger partial charge on any atom is 0.0303 e. The average molecular weight is 234 g/mol. The molecular weight excluding hydrogens is 216 g/mol. The summed E-state index contributed by atoms with van der Waals surface area (Å²) in [6.45, 7) is 6.01. The molecule has 0 aliphatic heterocycles. The summed E-state index contributed by atoms with van der Waals surface area (Å²) in [6, 6.07) is 19.0. The number of hydrogen-bond donors (Lipinski definition) is 0. The second-order valence-electron chi connectivity index (χ2n) is 4.36. The Morgan fingerprint density at radius 2 is 1.56 bits per heavy atom. The van der Waals surface area contributed by atoms with Crippen molar-refractivity contribution < 1.29 is 0 Å². The maximum absolute atomic E-state index is 3.81. The van der Waals surface area contributed by atoms with Gasteiger partial charge < -0.3 is 0 Å². The lowest BCUT2D eigenvalue weighted by Gasteiger charge is -2.06. The van der Waals surface area contributed by atoms with E-state index in [4.69, 9.17) is 0 Å². The summed E-state index contributed by atoms with van der Waals surface area (Å²) in [5.41, 5.74) is 7.85. The summed E-state index contributed by atoms with van der Waals surface area (Å²) in [5.74, 6) is 0. The molecule has 0 aromatic heterocycles. The molecule has 0 radical (unpaired) electrons. The van der Waals surface area contributed by atoms with Crippen molar-refractivity contribution in [3.63, 3.8) is 0 Å². The van der Waals surface area contributed by atoms with Crippen molar-refractivity contribution in [2.75, 3.05) is 0 Å². The zero-order valence-electron chi connectivity index (χ0n) is 10.8. The standard InChI is InChI=1S/C18H18/c1-3-8-15-11-13-17(14-12-15)18(4-2)16-9-6-5-7-10-16/h5-7,9-14H,2-3,8H2,1H3. The second-order valence-corrected chi connectivity index (χ2v) is 4.36. The van der Waals surface area contributed by atoms with Gasteiger partial charge in [-0.15, -0.1) is 5.73 Å². The van der Waals surface area contributed by atoms with E-state index in [0.29, 0.717) is 0 Å². The molecule has 0 saturated carbocycles. The molecule has 18 heavy (non-hydrogen) atoms. The van der Waals surface area contributed by atoms with E-state index in [1.54, 1.807) is 0 Å². The summed E-state index contributed by atoms with van der Waals surface area (Å²) in [7, 11) is 0. The fraction of sp³-hybridized carbons (Fsp3) is 0.167. The van der Waals surface area contributed by atoms with Crippen molar-refractivity contribution in [2.24, 2.45) is 0 Å². The van der Waals surface area contributed by atoms with Crippen LogP contribution in [0, 0.1) is 0 Å². The Bertz CT molecular complexity index is 540. The van der Waals surface area contributed by atoms with Gasteiger partial charge in [0.25, 0.3) is 0 Å². The number of rotatable bonds is 4. The molecule has 90 valence electrons. The lowest BCUT2D eigenvalue weighted by molar-refractivity contribution is 0.922. The number of benzene rings is 2. The molecule has 0 bridgehead atoms. The van der Waals surface area contributed by atoms with Crippen molar-refractivity contribution in [1.82, 2.24) is 0 Å². The van der Waals surface area contributed by atoms with Crippen LogP contribution in [0.2, 0.25) is 0 Å². The van der Waals surface area contributed by atoms with Crippen molar-refractivity contribution in [2.45, 2.75) is 19.8 Å². The zero-order valence-corrected chi connectivity index (χ0v) is 10.8. The smallest absolute Gasteiger partial charge is 0.0303 e. The average Bonchev–Trinajstić information content (AvgIpc) is 2.43. The van der Waals surface area contributed by atoms with Crippen LogP contribution in [0.25, 0.3) is 5.57 Å². The predicted octanol–water partition coefficient (Wildman–Crippen LogP) is 4.86. The van der Waals surface area contributed by atoms with Gasteiger partial charge in [0, 0.05) is 5.57 Å². The van der Waals surface area contributed by atoms with Crippen molar-refractivity contribution >= 4 is 5.57 Å². The Labute approximate surface area is 109 Å². The first-order valence-electron chi connectivity index (χ1n) is 6.40. The molecule has 2 aromatic carbocycles. The Hall–Kier alpha value is -2.04. The third-order valence-corrected chi connectivity index (χ3v) is 3.02. The molecule has 2 rings (SSSR count). The molecule has 0 heteroatoms. The Balaban J connectivity index is 2.32. The van der Waals surface area contributed by atoms with Gasteiger partial charge in [0.05, 0.1) is 0 Å². The molecule has 0 amide bonds. The van der Waals surface area contributed by atoms with E-state index in [-0.39, 0.29) is 0 Å². The quantitative estimate of drug-likeness (QED) is 0.663. The molecule has 0 spiro atoms. The lowest BCUT2D eigenvalue weighted by atomic mass is 9.97. The van der Waals surface area contributed by atoms with E-state index in [2.05, 4.69) is 55.6 Å². The molecule has 0 aliphatic carbocycles. The van der Waals surface area contributed by atoms with E-state index < -0.39 is 0 Å². The summed E-state index contributed by atoms with van der Waals surface area (Å²) in [4.78, 5) is 0. The van der Waals surface area contributed by atoms with Gasteiger partial charge >= 0.3 is 0 Å². The summed E-state index contributed by atoms with van der Waals surface area (Å²) < 4.78 is 0. The highest BCUT2D eigenvalue weighted by atomic mass is 14.1. The minimum atomic E-state index is 1.07. The fourth-order valence-corrected chi connectivity index (χ4v) is 2.10. The maximum atomic E-state index is 3.81. The number of aryl methyl sites for hydroxylation is 1. The summed E-state index contributed by atoms with van der Waals surface area (Å²) in [5, 5.41) is 0. The van der Waals surface area contributed by atoms with Crippen LogP contribution >= 0.6 is 0 Å². The van der Waals surface area contributed by atoms with Crippen molar-refractivity contribution in [3.05, 3.63) is 83.6 Å². The topological polar surface area (TPSA) is 0 Å². The Morgan fingerprint density at radius 1 is 0.944 bits per heavy atom. The van der Waals surface area contributed by atoms with Crippen LogP contribution in [-0.2, 0) is 6.42 Å². The van der Waals surface area contributed by atoms with Crippen LogP contribution in [0.1, 0.15) is 30.0 Å². The van der Waals surface area contributed by atoms with Gasteiger partial charge in [0.2, 0.25) is 0 Å². The monoisotopic (exact) mass is 234 g/mol. The van der Waals surface area contributed by atoms with Crippen molar-refractivity contribution in [1.29, 1.82) is 0 Å². The van der Waals surface area contributed by atoms with Gasteiger partial charge in [-0.1, -0.05) is 74.5 Å².